The van der Waals surface area contributed by atoms with Crippen molar-refractivity contribution in [2.75, 3.05) is 0 Å². The van der Waals surface area contributed by atoms with E-state index in [2.05, 4.69) is 47.5 Å². The van der Waals surface area contributed by atoms with Gasteiger partial charge in [-0.25, -0.2) is 0 Å². The second-order valence-corrected chi connectivity index (χ2v) is 3.97. The van der Waals surface area contributed by atoms with Crippen LogP contribution in [0.15, 0.2) is 36.0 Å². The minimum atomic E-state index is 1.01. The van der Waals surface area contributed by atoms with Gasteiger partial charge in [0.1, 0.15) is 0 Å². The Balaban J connectivity index is 2.14. The van der Waals surface area contributed by atoms with Crippen molar-refractivity contribution < 1.29 is 0 Å². The van der Waals surface area contributed by atoms with Crippen LogP contribution >= 0.6 is 11.3 Å². The summed E-state index contributed by atoms with van der Waals surface area (Å²) in [7, 11) is 0. The Bertz CT molecular complexity index is 346. The van der Waals surface area contributed by atoms with Gasteiger partial charge in [-0.1, -0.05) is 6.07 Å². The predicted molar refractivity (Wildman–Crippen MR) is 52.6 cm³/mol. The van der Waals surface area contributed by atoms with Crippen molar-refractivity contribution in [3.05, 3.63) is 46.4 Å². The third-order valence-corrected chi connectivity index (χ3v) is 2.68. The molecular formula is C10H11NS. The third-order valence-electron chi connectivity index (χ3n) is 1.82. The molecule has 62 valence electrons. The van der Waals surface area contributed by atoms with Crippen molar-refractivity contribution in [2.45, 2.75) is 13.5 Å². The lowest BCUT2D eigenvalue weighted by Crippen LogP contribution is -1.92. The standard InChI is InChI=1S/C10H11NS/c1-9-4-5-11(7-9)8-10-3-2-6-12-10/h2-7H,8H2,1H3. The highest BCUT2D eigenvalue weighted by Crippen LogP contribution is 2.11. The zero-order valence-electron chi connectivity index (χ0n) is 7.03. The summed E-state index contributed by atoms with van der Waals surface area (Å²) in [6.07, 6.45) is 4.29. The van der Waals surface area contributed by atoms with Gasteiger partial charge >= 0.3 is 0 Å². The Kier molecular flexibility index (Phi) is 2.00. The molecule has 0 aliphatic heterocycles. The van der Waals surface area contributed by atoms with Gasteiger partial charge in [-0.2, -0.15) is 0 Å². The molecule has 0 bridgehead atoms. The van der Waals surface area contributed by atoms with Crippen molar-refractivity contribution in [1.29, 1.82) is 0 Å². The van der Waals surface area contributed by atoms with Gasteiger partial charge in [0, 0.05) is 17.3 Å². The second-order valence-electron chi connectivity index (χ2n) is 2.94. The second kappa shape index (κ2) is 3.15. The van der Waals surface area contributed by atoms with Crippen molar-refractivity contribution in [3.63, 3.8) is 0 Å². The minimum absolute atomic E-state index is 1.01. The third kappa shape index (κ3) is 1.59. The Hall–Kier alpha value is -1.02. The van der Waals surface area contributed by atoms with E-state index in [0.717, 1.165) is 6.54 Å². The molecule has 2 rings (SSSR count). The first-order valence-electron chi connectivity index (χ1n) is 3.99. The molecular weight excluding hydrogens is 166 g/mol. The zero-order chi connectivity index (χ0) is 8.39. The summed E-state index contributed by atoms with van der Waals surface area (Å²) in [6.45, 7) is 3.12. The van der Waals surface area contributed by atoms with Gasteiger partial charge in [-0.05, 0) is 30.0 Å². The van der Waals surface area contributed by atoms with E-state index in [1.807, 2.05) is 0 Å². The summed E-state index contributed by atoms with van der Waals surface area (Å²) in [5.74, 6) is 0. The van der Waals surface area contributed by atoms with Gasteiger partial charge in [0.15, 0.2) is 0 Å². The van der Waals surface area contributed by atoms with E-state index < -0.39 is 0 Å². The fourth-order valence-corrected chi connectivity index (χ4v) is 1.95. The van der Waals surface area contributed by atoms with Gasteiger partial charge in [0.2, 0.25) is 0 Å². The van der Waals surface area contributed by atoms with Crippen molar-refractivity contribution in [1.82, 2.24) is 4.57 Å². The highest BCUT2D eigenvalue weighted by molar-refractivity contribution is 7.09. The van der Waals surface area contributed by atoms with Crippen LogP contribution in [-0.2, 0) is 6.54 Å². The average molecular weight is 177 g/mol. The van der Waals surface area contributed by atoms with E-state index in [0.29, 0.717) is 0 Å². The lowest BCUT2D eigenvalue weighted by molar-refractivity contribution is 0.817. The van der Waals surface area contributed by atoms with E-state index in [1.54, 1.807) is 11.3 Å². The maximum Gasteiger partial charge on any atom is 0.0563 e. The molecule has 1 nitrogen and oxygen atoms in total. The molecule has 2 aromatic heterocycles. The van der Waals surface area contributed by atoms with Crippen LogP contribution in [0.1, 0.15) is 10.4 Å². The number of thiophene rings is 1. The Morgan fingerprint density at radius 1 is 1.42 bits per heavy atom. The molecule has 2 heterocycles. The molecule has 12 heavy (non-hydrogen) atoms. The first kappa shape index (κ1) is 7.62. The molecule has 0 saturated heterocycles. The molecule has 0 aromatic carbocycles. The van der Waals surface area contributed by atoms with Crippen LogP contribution in [0.25, 0.3) is 0 Å². The van der Waals surface area contributed by atoms with Gasteiger partial charge in [-0.15, -0.1) is 11.3 Å². The Labute approximate surface area is 76.3 Å². The average Bonchev–Trinajstić information content (AvgIpc) is 2.63. The first-order valence-corrected chi connectivity index (χ1v) is 4.87. The fraction of sp³-hybridized carbons (Fsp3) is 0.200. The smallest absolute Gasteiger partial charge is 0.0563 e. The Morgan fingerprint density at radius 3 is 2.92 bits per heavy atom. The topological polar surface area (TPSA) is 4.93 Å². The summed E-state index contributed by atoms with van der Waals surface area (Å²) in [5.41, 5.74) is 1.33. The molecule has 0 atom stereocenters. The van der Waals surface area contributed by atoms with E-state index >= 15 is 0 Å². The molecule has 0 fully saturated rings. The maximum absolute atomic E-state index is 2.21. The summed E-state index contributed by atoms with van der Waals surface area (Å²) in [6, 6.07) is 6.39. The van der Waals surface area contributed by atoms with E-state index in [-0.39, 0.29) is 0 Å². The largest absolute Gasteiger partial charge is 0.349 e. The lowest BCUT2D eigenvalue weighted by atomic mass is 10.4. The molecule has 0 aliphatic rings. The first-order chi connectivity index (χ1) is 5.84. The molecule has 0 radical (unpaired) electrons. The monoisotopic (exact) mass is 177 g/mol. The van der Waals surface area contributed by atoms with Crippen LogP contribution in [0.2, 0.25) is 0 Å². The molecule has 2 aromatic rings. The number of rotatable bonds is 2. The van der Waals surface area contributed by atoms with Crippen molar-refractivity contribution in [2.24, 2.45) is 0 Å². The zero-order valence-corrected chi connectivity index (χ0v) is 7.84. The van der Waals surface area contributed by atoms with Crippen LogP contribution in [0.4, 0.5) is 0 Å². The number of aromatic nitrogens is 1. The molecule has 0 aliphatic carbocycles. The summed E-state index contributed by atoms with van der Waals surface area (Å²) in [4.78, 5) is 1.41. The van der Waals surface area contributed by atoms with E-state index in [9.17, 15) is 0 Å². The lowest BCUT2D eigenvalue weighted by Gasteiger charge is -1.97. The summed E-state index contributed by atoms with van der Waals surface area (Å²) < 4.78 is 2.21. The van der Waals surface area contributed by atoms with Crippen LogP contribution in [0.5, 0.6) is 0 Å². The highest BCUT2D eigenvalue weighted by atomic mass is 32.1. The number of nitrogens with zero attached hydrogens (tertiary/aromatic N) is 1. The molecule has 0 N–H and O–H groups in total. The van der Waals surface area contributed by atoms with Gasteiger partial charge < -0.3 is 4.57 Å². The molecule has 0 spiro atoms. The molecule has 0 amide bonds. The summed E-state index contributed by atoms with van der Waals surface area (Å²) in [5, 5.41) is 2.12. The van der Waals surface area contributed by atoms with Crippen LogP contribution in [0, 0.1) is 6.92 Å². The molecule has 0 saturated carbocycles. The van der Waals surface area contributed by atoms with Gasteiger partial charge in [0.25, 0.3) is 0 Å². The molecule has 2 heteroatoms. The van der Waals surface area contributed by atoms with E-state index in [1.165, 1.54) is 10.4 Å². The summed E-state index contributed by atoms with van der Waals surface area (Å²) >= 11 is 1.81. The Morgan fingerprint density at radius 2 is 2.33 bits per heavy atom. The van der Waals surface area contributed by atoms with Crippen LogP contribution < -0.4 is 0 Å². The minimum Gasteiger partial charge on any atom is -0.349 e. The van der Waals surface area contributed by atoms with Crippen molar-refractivity contribution in [3.8, 4) is 0 Å². The maximum atomic E-state index is 2.21. The highest BCUT2D eigenvalue weighted by Gasteiger charge is 1.94. The van der Waals surface area contributed by atoms with Crippen LogP contribution in [-0.4, -0.2) is 4.57 Å². The van der Waals surface area contributed by atoms with Gasteiger partial charge in [-0.3, -0.25) is 0 Å². The number of hydrogen-bond donors (Lipinski definition) is 0. The SMILES string of the molecule is Cc1ccn(Cc2cccs2)c1. The van der Waals surface area contributed by atoms with Crippen molar-refractivity contribution >= 4 is 11.3 Å². The quantitative estimate of drug-likeness (QED) is 0.664. The molecule has 0 unspecified atom stereocenters. The normalized spacial score (nSPS) is 10.4. The fourth-order valence-electron chi connectivity index (χ4n) is 1.24. The number of hydrogen-bond acceptors (Lipinski definition) is 1. The van der Waals surface area contributed by atoms with Crippen LogP contribution in [0.3, 0.4) is 0 Å². The predicted octanol–water partition coefficient (Wildman–Crippen LogP) is 2.91. The van der Waals surface area contributed by atoms with E-state index in [4.69, 9.17) is 0 Å². The van der Waals surface area contributed by atoms with Gasteiger partial charge in [0.05, 0.1) is 6.54 Å². The number of aryl methyl sites for hydroxylation is 1.